The molecule has 0 spiro atoms. The summed E-state index contributed by atoms with van der Waals surface area (Å²) in [6, 6.07) is 8.96. The fourth-order valence-corrected chi connectivity index (χ4v) is 2.02. The SMILES string of the molecule is CCNC(=O)C(C)NC(=O)C1CC(c2ccccc2)=NO1. The third kappa shape index (κ3) is 3.81. The zero-order chi connectivity index (χ0) is 15.2. The Labute approximate surface area is 123 Å². The molecule has 112 valence electrons. The van der Waals surface area contributed by atoms with Gasteiger partial charge in [-0.1, -0.05) is 35.5 Å². The molecule has 21 heavy (non-hydrogen) atoms. The van der Waals surface area contributed by atoms with E-state index >= 15 is 0 Å². The van der Waals surface area contributed by atoms with E-state index in [1.54, 1.807) is 6.92 Å². The summed E-state index contributed by atoms with van der Waals surface area (Å²) >= 11 is 0. The fraction of sp³-hybridized carbons (Fsp3) is 0.400. The Morgan fingerprint density at radius 2 is 2.10 bits per heavy atom. The van der Waals surface area contributed by atoms with Gasteiger partial charge in [0.05, 0.1) is 5.71 Å². The van der Waals surface area contributed by atoms with Gasteiger partial charge in [0.2, 0.25) is 12.0 Å². The number of rotatable bonds is 5. The van der Waals surface area contributed by atoms with Crippen molar-refractivity contribution in [2.75, 3.05) is 6.54 Å². The van der Waals surface area contributed by atoms with Gasteiger partial charge in [0, 0.05) is 13.0 Å². The Hall–Kier alpha value is -2.37. The van der Waals surface area contributed by atoms with Gasteiger partial charge in [0.1, 0.15) is 6.04 Å². The third-order valence-electron chi connectivity index (χ3n) is 3.17. The van der Waals surface area contributed by atoms with Crippen LogP contribution in [0.4, 0.5) is 0 Å². The Bertz CT molecular complexity index is 542. The predicted octanol–water partition coefficient (Wildman–Crippen LogP) is 0.820. The average molecular weight is 289 g/mol. The number of benzene rings is 1. The highest BCUT2D eigenvalue weighted by atomic mass is 16.6. The van der Waals surface area contributed by atoms with Crippen LogP contribution in [0.5, 0.6) is 0 Å². The lowest BCUT2D eigenvalue weighted by atomic mass is 10.0. The lowest BCUT2D eigenvalue weighted by molar-refractivity contribution is -0.135. The molecule has 2 rings (SSSR count). The van der Waals surface area contributed by atoms with Gasteiger partial charge >= 0.3 is 0 Å². The summed E-state index contributed by atoms with van der Waals surface area (Å²) in [5.74, 6) is -0.545. The molecule has 1 aromatic carbocycles. The van der Waals surface area contributed by atoms with Crippen LogP contribution in [0.25, 0.3) is 0 Å². The quantitative estimate of drug-likeness (QED) is 0.842. The van der Waals surface area contributed by atoms with Gasteiger partial charge in [0.15, 0.2) is 0 Å². The number of hydrogen-bond donors (Lipinski definition) is 2. The average Bonchev–Trinajstić information content (AvgIpc) is 2.98. The summed E-state index contributed by atoms with van der Waals surface area (Å²) in [4.78, 5) is 28.8. The van der Waals surface area contributed by atoms with Crippen molar-refractivity contribution in [3.8, 4) is 0 Å². The molecule has 0 saturated heterocycles. The van der Waals surface area contributed by atoms with Gasteiger partial charge in [-0.3, -0.25) is 9.59 Å². The molecule has 0 bridgehead atoms. The highest BCUT2D eigenvalue weighted by molar-refractivity contribution is 6.04. The molecule has 1 aliphatic heterocycles. The molecule has 2 N–H and O–H groups in total. The van der Waals surface area contributed by atoms with Crippen molar-refractivity contribution in [2.45, 2.75) is 32.4 Å². The zero-order valence-corrected chi connectivity index (χ0v) is 12.1. The molecule has 1 aliphatic rings. The number of carbonyl (C=O) groups excluding carboxylic acids is 2. The monoisotopic (exact) mass is 289 g/mol. The normalized spacial score (nSPS) is 18.4. The number of hydrogen-bond acceptors (Lipinski definition) is 4. The van der Waals surface area contributed by atoms with E-state index in [0.717, 1.165) is 11.3 Å². The Morgan fingerprint density at radius 3 is 2.76 bits per heavy atom. The number of carbonyl (C=O) groups is 2. The number of amides is 2. The maximum Gasteiger partial charge on any atom is 0.264 e. The van der Waals surface area contributed by atoms with Crippen LogP contribution in [0.1, 0.15) is 25.8 Å². The van der Waals surface area contributed by atoms with E-state index in [-0.39, 0.29) is 11.8 Å². The van der Waals surface area contributed by atoms with Crippen LogP contribution in [0.3, 0.4) is 0 Å². The third-order valence-corrected chi connectivity index (χ3v) is 3.17. The van der Waals surface area contributed by atoms with Crippen molar-refractivity contribution >= 4 is 17.5 Å². The van der Waals surface area contributed by atoms with Crippen molar-refractivity contribution in [1.82, 2.24) is 10.6 Å². The van der Waals surface area contributed by atoms with Crippen LogP contribution in [0, 0.1) is 0 Å². The van der Waals surface area contributed by atoms with Gasteiger partial charge in [-0.25, -0.2) is 0 Å². The standard InChI is InChI=1S/C15H19N3O3/c1-3-16-14(19)10(2)17-15(20)13-9-12(18-21-13)11-7-5-4-6-8-11/h4-8,10,13H,3,9H2,1-2H3,(H,16,19)(H,17,20). The summed E-state index contributed by atoms with van der Waals surface area (Å²) in [7, 11) is 0. The highest BCUT2D eigenvalue weighted by Gasteiger charge is 2.30. The van der Waals surface area contributed by atoms with Crippen LogP contribution in [-0.4, -0.2) is 36.2 Å². The summed E-state index contributed by atoms with van der Waals surface area (Å²) in [6.45, 7) is 3.99. The fourth-order valence-electron chi connectivity index (χ4n) is 2.02. The molecular formula is C15H19N3O3. The molecule has 6 heteroatoms. The van der Waals surface area contributed by atoms with Gasteiger partial charge in [-0.2, -0.15) is 0 Å². The lowest BCUT2D eigenvalue weighted by Crippen LogP contribution is -2.48. The van der Waals surface area contributed by atoms with Gasteiger partial charge in [-0.15, -0.1) is 0 Å². The number of oxime groups is 1. The van der Waals surface area contributed by atoms with Crippen LogP contribution in [0.2, 0.25) is 0 Å². The van der Waals surface area contributed by atoms with E-state index in [1.807, 2.05) is 37.3 Å². The molecule has 2 atom stereocenters. The van der Waals surface area contributed by atoms with Gasteiger partial charge in [0.25, 0.3) is 5.91 Å². The van der Waals surface area contributed by atoms with Crippen LogP contribution in [-0.2, 0) is 14.4 Å². The van der Waals surface area contributed by atoms with E-state index in [2.05, 4.69) is 15.8 Å². The van der Waals surface area contributed by atoms with Crippen molar-refractivity contribution in [2.24, 2.45) is 5.16 Å². The molecule has 0 radical (unpaired) electrons. The minimum atomic E-state index is -0.683. The second-order valence-electron chi connectivity index (χ2n) is 4.83. The topological polar surface area (TPSA) is 79.8 Å². The smallest absolute Gasteiger partial charge is 0.264 e. The van der Waals surface area contributed by atoms with E-state index in [4.69, 9.17) is 4.84 Å². The number of nitrogens with one attached hydrogen (secondary N) is 2. The second-order valence-corrected chi connectivity index (χ2v) is 4.83. The highest BCUT2D eigenvalue weighted by Crippen LogP contribution is 2.16. The minimum Gasteiger partial charge on any atom is -0.382 e. The summed E-state index contributed by atoms with van der Waals surface area (Å²) in [6.07, 6.45) is -0.282. The maximum absolute atomic E-state index is 12.1. The molecule has 1 aromatic rings. The summed E-state index contributed by atoms with van der Waals surface area (Å²) in [5.41, 5.74) is 1.67. The first-order chi connectivity index (χ1) is 10.1. The molecule has 0 aromatic heterocycles. The summed E-state index contributed by atoms with van der Waals surface area (Å²) in [5, 5.41) is 9.23. The van der Waals surface area contributed by atoms with Crippen molar-refractivity contribution in [3.05, 3.63) is 35.9 Å². The molecular weight excluding hydrogens is 270 g/mol. The number of nitrogens with zero attached hydrogens (tertiary/aromatic N) is 1. The lowest BCUT2D eigenvalue weighted by Gasteiger charge is -2.15. The van der Waals surface area contributed by atoms with Crippen LogP contribution < -0.4 is 10.6 Å². The van der Waals surface area contributed by atoms with Crippen molar-refractivity contribution < 1.29 is 14.4 Å². The molecule has 0 aliphatic carbocycles. The first-order valence-electron chi connectivity index (χ1n) is 6.98. The Balaban J connectivity index is 1.88. The molecule has 0 fully saturated rings. The Morgan fingerprint density at radius 1 is 1.38 bits per heavy atom. The number of likely N-dealkylation sites (N-methyl/N-ethyl adjacent to an activating group) is 1. The zero-order valence-electron chi connectivity index (χ0n) is 12.1. The minimum absolute atomic E-state index is 0.215. The predicted molar refractivity (Wildman–Crippen MR) is 78.8 cm³/mol. The van der Waals surface area contributed by atoms with E-state index in [9.17, 15) is 9.59 Å². The molecule has 2 amide bonds. The molecule has 0 saturated carbocycles. The second kappa shape index (κ2) is 6.88. The van der Waals surface area contributed by atoms with E-state index in [1.165, 1.54) is 0 Å². The first-order valence-corrected chi connectivity index (χ1v) is 6.98. The molecule has 1 heterocycles. The van der Waals surface area contributed by atoms with Crippen molar-refractivity contribution in [1.29, 1.82) is 0 Å². The maximum atomic E-state index is 12.1. The van der Waals surface area contributed by atoms with Crippen molar-refractivity contribution in [3.63, 3.8) is 0 Å². The van der Waals surface area contributed by atoms with E-state index in [0.29, 0.717) is 13.0 Å². The van der Waals surface area contributed by atoms with Crippen LogP contribution in [0.15, 0.2) is 35.5 Å². The largest absolute Gasteiger partial charge is 0.382 e. The Kier molecular flexibility index (Phi) is 4.92. The summed E-state index contributed by atoms with van der Waals surface area (Å²) < 4.78 is 0. The molecule has 6 nitrogen and oxygen atoms in total. The van der Waals surface area contributed by atoms with Gasteiger partial charge < -0.3 is 15.5 Å². The van der Waals surface area contributed by atoms with Gasteiger partial charge in [-0.05, 0) is 19.4 Å². The van der Waals surface area contributed by atoms with Crippen LogP contribution >= 0.6 is 0 Å². The molecule has 2 unspecified atom stereocenters. The van der Waals surface area contributed by atoms with E-state index < -0.39 is 12.1 Å². The first kappa shape index (κ1) is 15.0.